The van der Waals surface area contributed by atoms with Crippen molar-refractivity contribution >= 4 is 40.4 Å². The average Bonchev–Trinajstić information content (AvgIpc) is 3.34. The molecule has 0 atom stereocenters. The molecule has 3 fully saturated rings. The fourth-order valence-corrected chi connectivity index (χ4v) is 9.26. The van der Waals surface area contributed by atoms with Crippen molar-refractivity contribution in [3.63, 3.8) is 0 Å². The normalized spacial score (nSPS) is 17.4. The number of phenols is 1. The second-order valence-corrected chi connectivity index (χ2v) is 17.7. The number of amides is 3. The highest BCUT2D eigenvalue weighted by atomic mass is 19.4. The van der Waals surface area contributed by atoms with E-state index in [1.165, 1.54) is 17.5 Å². The van der Waals surface area contributed by atoms with Gasteiger partial charge in [0.15, 0.2) is 12.4 Å². The maximum atomic E-state index is 13.6. The van der Waals surface area contributed by atoms with Crippen molar-refractivity contribution in [3.8, 4) is 11.5 Å². The number of carbonyl (C=O) groups is 4. The summed E-state index contributed by atoms with van der Waals surface area (Å²) in [6, 6.07) is 20.0. The second-order valence-electron chi connectivity index (χ2n) is 17.7. The van der Waals surface area contributed by atoms with Gasteiger partial charge in [-0.25, -0.2) is 9.78 Å². The SMILES string of the molecule is O=C(O)C(F)(F)F.O=C1COc2c(CCNCCN(C(=O)CCOCCc3cccc(CN4CCC5(CC4)CN(C(=O)c4cnc6ccccc6n4)CCO5)c3)C3CCCCC3)ccc(O)c2N1. The summed E-state index contributed by atoms with van der Waals surface area (Å²) < 4.78 is 49.8. The molecular formula is C49H60F3N7O9. The summed E-state index contributed by atoms with van der Waals surface area (Å²) in [6.45, 7) is 7.15. The number of carboxylic acid groups (broad SMARTS) is 1. The molecule has 16 nitrogen and oxygen atoms in total. The number of aromatic hydroxyl groups is 1. The van der Waals surface area contributed by atoms with Gasteiger partial charge in [-0.1, -0.05) is 61.7 Å². The Kier molecular flexibility index (Phi) is 17.2. The maximum Gasteiger partial charge on any atom is 0.490 e. The Labute approximate surface area is 393 Å². The molecule has 3 aromatic carbocycles. The minimum atomic E-state index is -5.08. The summed E-state index contributed by atoms with van der Waals surface area (Å²) >= 11 is 0. The van der Waals surface area contributed by atoms with Gasteiger partial charge >= 0.3 is 12.1 Å². The number of carbonyl (C=O) groups excluding carboxylic acids is 3. The van der Waals surface area contributed by atoms with Gasteiger partial charge in [0, 0.05) is 45.3 Å². The first-order chi connectivity index (χ1) is 32.8. The number of halogens is 3. The van der Waals surface area contributed by atoms with E-state index in [0.29, 0.717) is 82.5 Å². The Morgan fingerprint density at radius 3 is 2.46 bits per heavy atom. The molecule has 1 saturated carbocycles. The zero-order valence-electron chi connectivity index (χ0n) is 38.1. The number of hydrogen-bond donors (Lipinski definition) is 4. The quantitative estimate of drug-likeness (QED) is 0.0784. The second kappa shape index (κ2) is 23.4. The summed E-state index contributed by atoms with van der Waals surface area (Å²) in [6.07, 6.45) is 5.64. The van der Waals surface area contributed by atoms with Crippen LogP contribution >= 0.6 is 0 Å². The van der Waals surface area contributed by atoms with Gasteiger partial charge in [0.1, 0.15) is 17.1 Å². The van der Waals surface area contributed by atoms with Gasteiger partial charge in [0.05, 0.1) is 55.6 Å². The van der Waals surface area contributed by atoms with Crippen molar-refractivity contribution in [3.05, 3.63) is 89.2 Å². The van der Waals surface area contributed by atoms with E-state index in [4.69, 9.17) is 24.1 Å². The molecule has 0 radical (unpaired) electrons. The first kappa shape index (κ1) is 50.0. The molecule has 4 aliphatic rings. The number of hydrogen-bond acceptors (Lipinski definition) is 12. The molecule has 1 aliphatic carbocycles. The fourth-order valence-electron chi connectivity index (χ4n) is 9.26. The van der Waals surface area contributed by atoms with E-state index in [1.54, 1.807) is 12.3 Å². The molecule has 366 valence electrons. The number of phenolic OH excluding ortho intramolecular Hbond substituents is 1. The molecule has 19 heteroatoms. The fraction of sp³-hybridized carbons (Fsp3) is 0.510. The predicted molar refractivity (Wildman–Crippen MR) is 245 cm³/mol. The number of nitrogens with one attached hydrogen (secondary N) is 2. The van der Waals surface area contributed by atoms with Gasteiger partial charge in [0.25, 0.3) is 11.8 Å². The van der Waals surface area contributed by atoms with Crippen LogP contribution in [0, 0.1) is 0 Å². The molecular weight excluding hydrogens is 888 g/mol. The first-order valence-electron chi connectivity index (χ1n) is 23.4. The van der Waals surface area contributed by atoms with Crippen LogP contribution in [-0.2, 0) is 43.2 Å². The van der Waals surface area contributed by atoms with Crippen molar-refractivity contribution in [1.82, 2.24) is 30.0 Å². The Morgan fingerprint density at radius 1 is 0.941 bits per heavy atom. The van der Waals surface area contributed by atoms with E-state index in [2.05, 4.69) is 54.7 Å². The third-order valence-electron chi connectivity index (χ3n) is 12.9. The third-order valence-corrected chi connectivity index (χ3v) is 12.9. The van der Waals surface area contributed by atoms with E-state index < -0.39 is 12.1 Å². The van der Waals surface area contributed by atoms with Gasteiger partial charge in [-0.3, -0.25) is 24.3 Å². The van der Waals surface area contributed by atoms with Crippen LogP contribution in [0.2, 0.25) is 0 Å². The highest BCUT2D eigenvalue weighted by molar-refractivity contribution is 5.97. The molecule has 68 heavy (non-hydrogen) atoms. The third kappa shape index (κ3) is 13.6. The Bertz CT molecular complexity index is 2370. The number of nitrogens with zero attached hydrogens (tertiary/aromatic N) is 5. The lowest BCUT2D eigenvalue weighted by atomic mass is 9.89. The zero-order valence-corrected chi connectivity index (χ0v) is 38.1. The topological polar surface area (TPSA) is 196 Å². The van der Waals surface area contributed by atoms with Gasteiger partial charge in [0.2, 0.25) is 5.91 Å². The van der Waals surface area contributed by atoms with Crippen LogP contribution in [0.3, 0.4) is 0 Å². The number of ether oxygens (including phenoxy) is 3. The van der Waals surface area contributed by atoms with Crippen molar-refractivity contribution in [1.29, 1.82) is 0 Å². The van der Waals surface area contributed by atoms with Crippen LogP contribution in [-0.4, -0.2) is 149 Å². The van der Waals surface area contributed by atoms with Gasteiger partial charge < -0.3 is 44.9 Å². The molecule has 0 bridgehead atoms. The zero-order chi connectivity index (χ0) is 48.1. The molecule has 4 heterocycles. The predicted octanol–water partition coefficient (Wildman–Crippen LogP) is 5.75. The van der Waals surface area contributed by atoms with Crippen LogP contribution < -0.4 is 15.4 Å². The van der Waals surface area contributed by atoms with E-state index in [0.717, 1.165) is 81.2 Å². The number of fused-ring (bicyclic) bond motifs is 2. The minimum absolute atomic E-state index is 0.00659. The molecule has 2 saturated heterocycles. The Hall–Kier alpha value is -5.89. The van der Waals surface area contributed by atoms with E-state index in [1.807, 2.05) is 35.2 Å². The van der Waals surface area contributed by atoms with Crippen LogP contribution in [0.15, 0.2) is 66.9 Å². The van der Waals surface area contributed by atoms with Crippen molar-refractivity contribution in [2.45, 2.75) is 88.6 Å². The summed E-state index contributed by atoms with van der Waals surface area (Å²) in [7, 11) is 0. The Balaban J connectivity index is 0.000000908. The van der Waals surface area contributed by atoms with Crippen molar-refractivity contribution in [2.24, 2.45) is 0 Å². The summed E-state index contributed by atoms with van der Waals surface area (Å²) in [5, 5.41) is 23.5. The number of carboxylic acids is 1. The highest BCUT2D eigenvalue weighted by Crippen LogP contribution is 2.39. The first-order valence-corrected chi connectivity index (χ1v) is 23.4. The van der Waals surface area contributed by atoms with E-state index in [9.17, 15) is 32.7 Å². The van der Waals surface area contributed by atoms with Crippen LogP contribution in [0.4, 0.5) is 18.9 Å². The summed E-state index contributed by atoms with van der Waals surface area (Å²) in [4.78, 5) is 63.2. The molecule has 3 amide bonds. The maximum absolute atomic E-state index is 13.6. The lowest BCUT2D eigenvalue weighted by Crippen LogP contribution is -2.58. The lowest BCUT2D eigenvalue weighted by Gasteiger charge is -2.47. The van der Waals surface area contributed by atoms with Crippen molar-refractivity contribution in [2.75, 3.05) is 77.6 Å². The van der Waals surface area contributed by atoms with Crippen LogP contribution in [0.1, 0.15) is 78.5 Å². The standard InChI is InChI=1S/C47H59N7O7.C2HF3O2/c55-41-14-13-36(45-44(41)51-42(56)32-60-45)15-20-48-21-24-54(37-9-2-1-3-10-37)43(57)17-27-59-26-16-34-7-6-8-35(29-34)31-52-22-18-47(19-23-52)33-53(25-28-61-47)46(58)40-30-49-38-11-4-5-12-39(38)50-40;3-2(4,5)1(6)7/h4-8,11-14,29-30,37,48,55H,1-3,9-10,15-28,31-33H2,(H,51,56);(H,6,7). The number of aromatic nitrogens is 2. The number of anilines is 1. The molecule has 0 unspecified atom stereocenters. The molecule has 1 aromatic heterocycles. The number of piperidine rings is 1. The number of aliphatic carboxylic acids is 1. The van der Waals surface area contributed by atoms with Crippen LogP contribution in [0.25, 0.3) is 11.0 Å². The highest BCUT2D eigenvalue weighted by Gasteiger charge is 2.41. The van der Waals surface area contributed by atoms with Gasteiger partial charge in [-0.05, 0) is 80.0 Å². The smallest absolute Gasteiger partial charge is 0.490 e. The molecule has 4 aromatic rings. The molecule has 3 aliphatic heterocycles. The molecule has 8 rings (SSSR count). The van der Waals surface area contributed by atoms with Crippen LogP contribution in [0.5, 0.6) is 11.5 Å². The van der Waals surface area contributed by atoms with Gasteiger partial charge in [-0.15, -0.1) is 0 Å². The average molecular weight is 948 g/mol. The lowest BCUT2D eigenvalue weighted by molar-refractivity contribution is -0.192. The number of para-hydroxylation sites is 2. The largest absolute Gasteiger partial charge is 0.506 e. The molecule has 1 spiro atoms. The van der Waals surface area contributed by atoms with Gasteiger partial charge in [-0.2, -0.15) is 13.2 Å². The number of benzene rings is 3. The number of likely N-dealkylation sites (tertiary alicyclic amines) is 1. The molecule has 4 N–H and O–H groups in total. The summed E-state index contributed by atoms with van der Waals surface area (Å²) in [5.41, 5.74) is 5.27. The summed E-state index contributed by atoms with van der Waals surface area (Å²) in [5.74, 6) is -2.47. The van der Waals surface area contributed by atoms with E-state index in [-0.39, 0.29) is 41.7 Å². The number of morpholine rings is 1. The number of rotatable bonds is 16. The minimum Gasteiger partial charge on any atom is -0.506 e. The number of alkyl halides is 3. The Morgan fingerprint density at radius 2 is 1.69 bits per heavy atom. The monoisotopic (exact) mass is 947 g/mol. The van der Waals surface area contributed by atoms with E-state index >= 15 is 0 Å². The van der Waals surface area contributed by atoms with Crippen molar-refractivity contribution < 1.29 is 56.8 Å².